The highest BCUT2D eigenvalue weighted by molar-refractivity contribution is 5.72. The molecule has 0 unspecified atom stereocenters. The highest BCUT2D eigenvalue weighted by atomic mass is 15.2. The van der Waals surface area contributed by atoms with Gasteiger partial charge in [-0.25, -0.2) is 4.98 Å². The van der Waals surface area contributed by atoms with Crippen LogP contribution in [0.4, 0.5) is 11.6 Å². The van der Waals surface area contributed by atoms with Gasteiger partial charge in [-0.15, -0.1) is 0 Å². The lowest BCUT2D eigenvalue weighted by Crippen LogP contribution is -1.98. The van der Waals surface area contributed by atoms with Gasteiger partial charge in [0, 0.05) is 12.3 Å². The molecule has 2 aliphatic rings. The summed E-state index contributed by atoms with van der Waals surface area (Å²) in [5.74, 6) is 1.50. The van der Waals surface area contributed by atoms with E-state index < -0.39 is 0 Å². The van der Waals surface area contributed by atoms with Crippen molar-refractivity contribution in [1.29, 1.82) is 0 Å². The normalized spacial score (nSPS) is 10.7. The molecule has 15 heavy (non-hydrogen) atoms. The average Bonchev–Trinajstić information content (AvgIpc) is 2.87. The number of aromatic amines is 2. The van der Waals surface area contributed by atoms with Gasteiger partial charge in [0.2, 0.25) is 0 Å². The van der Waals surface area contributed by atoms with Gasteiger partial charge in [0.25, 0.3) is 0 Å². The van der Waals surface area contributed by atoms with E-state index in [1.807, 2.05) is 12.1 Å². The topological polar surface area (TPSA) is 82.3 Å². The van der Waals surface area contributed by atoms with Gasteiger partial charge in [0.05, 0.1) is 18.2 Å². The molecule has 0 saturated heterocycles. The minimum atomic E-state index is 0.706. The Labute approximate surface area is 85.1 Å². The summed E-state index contributed by atoms with van der Waals surface area (Å²) in [6.45, 7) is 0. The highest BCUT2D eigenvalue weighted by Gasteiger charge is 2.10. The van der Waals surface area contributed by atoms with E-state index in [1.54, 1.807) is 18.7 Å². The molecule has 0 aliphatic carbocycles. The predicted octanol–water partition coefficient (Wildman–Crippen LogP) is 1.38. The van der Waals surface area contributed by atoms with Gasteiger partial charge in [-0.1, -0.05) is 0 Å². The third kappa shape index (κ3) is 1.32. The first kappa shape index (κ1) is 7.98. The summed E-state index contributed by atoms with van der Waals surface area (Å²) in [5.41, 5.74) is 1.76. The van der Waals surface area contributed by atoms with Gasteiger partial charge in [-0.2, -0.15) is 5.10 Å². The van der Waals surface area contributed by atoms with Crippen molar-refractivity contribution < 1.29 is 0 Å². The Kier molecular flexibility index (Phi) is 1.64. The average molecular weight is 200 g/mol. The second kappa shape index (κ2) is 3.09. The van der Waals surface area contributed by atoms with Crippen molar-refractivity contribution in [2.45, 2.75) is 0 Å². The van der Waals surface area contributed by atoms with Crippen LogP contribution in [-0.2, 0) is 0 Å². The lowest BCUT2D eigenvalue weighted by atomic mass is 10.3. The summed E-state index contributed by atoms with van der Waals surface area (Å²) in [5, 5.41) is 9.75. The molecule has 0 radical (unpaired) electrons. The number of aromatic nitrogens is 5. The molecule has 0 saturated carbocycles. The Morgan fingerprint density at radius 1 is 1.13 bits per heavy atom. The minimum absolute atomic E-state index is 0.706. The third-order valence-corrected chi connectivity index (χ3v) is 2.09. The summed E-state index contributed by atoms with van der Waals surface area (Å²) in [7, 11) is 0. The smallest absolute Gasteiger partial charge is 0.161 e. The SMILES string of the molecule is c1cc(Nc2nc[nH]c3ccnc2-3)[nH]n1. The van der Waals surface area contributed by atoms with E-state index in [9.17, 15) is 0 Å². The number of anilines is 2. The fraction of sp³-hybridized carbons (Fsp3) is 0. The van der Waals surface area contributed by atoms with E-state index in [0.29, 0.717) is 5.82 Å². The summed E-state index contributed by atoms with van der Waals surface area (Å²) in [6, 6.07) is 3.72. The van der Waals surface area contributed by atoms with Crippen molar-refractivity contribution in [3.63, 3.8) is 0 Å². The monoisotopic (exact) mass is 200 g/mol. The van der Waals surface area contributed by atoms with Gasteiger partial charge in [0.15, 0.2) is 5.82 Å². The number of H-pyrrole nitrogens is 2. The molecule has 0 atom stereocenters. The van der Waals surface area contributed by atoms with Gasteiger partial charge in [-0.3, -0.25) is 10.1 Å². The van der Waals surface area contributed by atoms with Crippen LogP contribution < -0.4 is 5.32 Å². The number of hydrogen-bond acceptors (Lipinski definition) is 4. The number of nitrogens with zero attached hydrogens (tertiary/aromatic N) is 3. The Balaban J connectivity index is 2.02. The van der Waals surface area contributed by atoms with E-state index in [2.05, 4.69) is 30.5 Å². The fourth-order valence-corrected chi connectivity index (χ4v) is 1.41. The van der Waals surface area contributed by atoms with Crippen molar-refractivity contribution in [3.8, 4) is 11.4 Å². The molecule has 0 spiro atoms. The summed E-state index contributed by atoms with van der Waals surface area (Å²) >= 11 is 0. The van der Waals surface area contributed by atoms with Crippen LogP contribution in [-0.4, -0.2) is 25.1 Å². The van der Waals surface area contributed by atoms with Crippen LogP contribution in [0.1, 0.15) is 0 Å². The van der Waals surface area contributed by atoms with Crippen molar-refractivity contribution >= 4 is 11.6 Å². The van der Waals surface area contributed by atoms with Crippen LogP contribution in [0.3, 0.4) is 0 Å². The molecular formula is C9H8N6. The van der Waals surface area contributed by atoms with Crippen molar-refractivity contribution in [1.82, 2.24) is 25.1 Å². The number of nitrogens with one attached hydrogen (secondary N) is 3. The first-order valence-corrected chi connectivity index (χ1v) is 4.48. The third-order valence-electron chi connectivity index (χ3n) is 2.09. The summed E-state index contributed by atoms with van der Waals surface area (Å²) in [6.07, 6.45) is 5.04. The van der Waals surface area contributed by atoms with Crippen molar-refractivity contribution in [3.05, 3.63) is 30.9 Å². The summed E-state index contributed by atoms with van der Waals surface area (Å²) in [4.78, 5) is 11.4. The standard InChI is InChI=1S/C9H8N6/c1-3-10-8-6(1)11-5-12-9(8)14-7-2-4-13-15-7/h1-5H,(H,11,12)(H2,13,14,15). The molecule has 0 amide bonds. The number of fused-ring (bicyclic) bond motifs is 1. The van der Waals surface area contributed by atoms with E-state index >= 15 is 0 Å². The maximum Gasteiger partial charge on any atom is 0.161 e. The lowest BCUT2D eigenvalue weighted by Gasteiger charge is -2.06. The Morgan fingerprint density at radius 2 is 2.13 bits per heavy atom. The van der Waals surface area contributed by atoms with Crippen molar-refractivity contribution in [2.75, 3.05) is 5.32 Å². The Morgan fingerprint density at radius 3 is 3.00 bits per heavy atom. The van der Waals surface area contributed by atoms with Crippen LogP contribution in [0, 0.1) is 0 Å². The molecule has 0 fully saturated rings. The molecule has 1 aromatic rings. The van der Waals surface area contributed by atoms with Crippen LogP contribution in [0.2, 0.25) is 0 Å². The van der Waals surface area contributed by atoms with Crippen LogP contribution in [0.5, 0.6) is 0 Å². The van der Waals surface area contributed by atoms with E-state index in [4.69, 9.17) is 0 Å². The zero-order chi connectivity index (χ0) is 10.1. The molecule has 3 N–H and O–H groups in total. The molecule has 6 nitrogen and oxygen atoms in total. The molecular weight excluding hydrogens is 192 g/mol. The van der Waals surface area contributed by atoms with E-state index in [1.165, 1.54) is 0 Å². The molecule has 6 heteroatoms. The molecule has 74 valence electrons. The van der Waals surface area contributed by atoms with Gasteiger partial charge >= 0.3 is 0 Å². The molecule has 0 aromatic carbocycles. The highest BCUT2D eigenvalue weighted by Crippen LogP contribution is 2.25. The molecule has 0 bridgehead atoms. The zero-order valence-electron chi connectivity index (χ0n) is 7.73. The van der Waals surface area contributed by atoms with Gasteiger partial charge < -0.3 is 10.3 Å². The van der Waals surface area contributed by atoms with E-state index in [0.717, 1.165) is 17.2 Å². The number of hydrogen-bond donors (Lipinski definition) is 3. The van der Waals surface area contributed by atoms with E-state index in [-0.39, 0.29) is 0 Å². The second-order valence-electron chi connectivity index (χ2n) is 3.05. The summed E-state index contributed by atoms with van der Waals surface area (Å²) < 4.78 is 0. The first-order chi connectivity index (χ1) is 7.43. The molecule has 3 rings (SSSR count). The Hall–Kier alpha value is -2.37. The zero-order valence-corrected chi connectivity index (χ0v) is 7.73. The fourth-order valence-electron chi connectivity index (χ4n) is 1.41. The maximum absolute atomic E-state index is 4.21. The molecule has 1 aromatic heterocycles. The predicted molar refractivity (Wildman–Crippen MR) is 54.9 cm³/mol. The van der Waals surface area contributed by atoms with Crippen molar-refractivity contribution in [2.24, 2.45) is 0 Å². The number of rotatable bonds is 2. The molecule has 2 aliphatic heterocycles. The minimum Gasteiger partial charge on any atom is -0.344 e. The van der Waals surface area contributed by atoms with Crippen LogP contribution >= 0.6 is 0 Å². The largest absolute Gasteiger partial charge is 0.344 e. The van der Waals surface area contributed by atoms with Crippen LogP contribution in [0.15, 0.2) is 30.9 Å². The maximum atomic E-state index is 4.21. The van der Waals surface area contributed by atoms with Crippen LogP contribution in [0.25, 0.3) is 11.4 Å². The lowest BCUT2D eigenvalue weighted by molar-refractivity contribution is 1.08. The van der Waals surface area contributed by atoms with Gasteiger partial charge in [0.1, 0.15) is 11.5 Å². The van der Waals surface area contributed by atoms with Gasteiger partial charge in [-0.05, 0) is 6.07 Å². The quantitative estimate of drug-likeness (QED) is 0.583. The first-order valence-electron chi connectivity index (χ1n) is 4.48. The molecule has 3 heterocycles. The Bertz CT molecular complexity index is 525. The second-order valence-corrected chi connectivity index (χ2v) is 3.05.